The van der Waals surface area contributed by atoms with Crippen LogP contribution in [0.15, 0.2) is 56.9 Å². The summed E-state index contributed by atoms with van der Waals surface area (Å²) in [7, 11) is -1.10. The van der Waals surface area contributed by atoms with Crippen molar-refractivity contribution in [2.75, 3.05) is 4.72 Å². The first-order valence-corrected chi connectivity index (χ1v) is 9.44. The SMILES string of the molecule is CC(=O)c1cccc(NS(=O)(=O)c2ccc3c(c2)n(C)c(=O)c(=O)n3C)c1. The van der Waals surface area contributed by atoms with Gasteiger partial charge in [0.2, 0.25) is 0 Å². The van der Waals surface area contributed by atoms with Gasteiger partial charge in [-0.2, -0.15) is 0 Å². The molecule has 0 aliphatic carbocycles. The standard InChI is InChI=1S/C18H17N3O5S/c1-11(22)12-5-4-6-13(9-12)19-27(25,26)14-7-8-15-16(10-14)21(3)18(24)17(23)20(15)2/h4-10,19H,1-3H3. The zero-order valence-corrected chi connectivity index (χ0v) is 15.7. The van der Waals surface area contributed by atoms with Gasteiger partial charge in [0.05, 0.1) is 15.9 Å². The first kappa shape index (κ1) is 18.6. The molecule has 0 saturated carbocycles. The Bertz CT molecular complexity index is 1300. The van der Waals surface area contributed by atoms with Crippen LogP contribution in [0.5, 0.6) is 0 Å². The lowest BCUT2D eigenvalue weighted by atomic mass is 10.1. The van der Waals surface area contributed by atoms with Crippen LogP contribution in [0.2, 0.25) is 0 Å². The molecule has 0 aliphatic rings. The second-order valence-electron chi connectivity index (χ2n) is 6.12. The minimum Gasteiger partial charge on any atom is -0.305 e. The van der Waals surface area contributed by atoms with Crippen LogP contribution in [-0.2, 0) is 24.1 Å². The Kier molecular flexibility index (Phi) is 4.48. The summed E-state index contributed by atoms with van der Waals surface area (Å²) < 4.78 is 30.2. The van der Waals surface area contributed by atoms with Gasteiger partial charge in [-0.05, 0) is 37.3 Å². The molecule has 0 fully saturated rings. The van der Waals surface area contributed by atoms with Gasteiger partial charge in [0.1, 0.15) is 0 Å². The first-order chi connectivity index (χ1) is 12.6. The van der Waals surface area contributed by atoms with E-state index in [-0.39, 0.29) is 16.4 Å². The van der Waals surface area contributed by atoms with Crippen LogP contribution in [0.3, 0.4) is 0 Å². The fraction of sp³-hybridized carbons (Fsp3) is 0.167. The van der Waals surface area contributed by atoms with E-state index in [2.05, 4.69) is 4.72 Å². The number of benzene rings is 2. The van der Waals surface area contributed by atoms with Gasteiger partial charge in [-0.3, -0.25) is 19.1 Å². The molecule has 1 heterocycles. The van der Waals surface area contributed by atoms with Crippen molar-refractivity contribution >= 4 is 32.5 Å². The number of carbonyl (C=O) groups excluding carboxylic acids is 1. The predicted octanol–water partition coefficient (Wildman–Crippen LogP) is 1.24. The molecule has 0 bridgehead atoms. The van der Waals surface area contributed by atoms with Gasteiger partial charge >= 0.3 is 11.1 Å². The summed E-state index contributed by atoms with van der Waals surface area (Å²) in [5.74, 6) is -0.183. The normalized spacial score (nSPS) is 11.5. The zero-order valence-electron chi connectivity index (χ0n) is 14.9. The van der Waals surface area contributed by atoms with E-state index >= 15 is 0 Å². The maximum Gasteiger partial charge on any atom is 0.316 e. The van der Waals surface area contributed by atoms with E-state index in [0.29, 0.717) is 16.6 Å². The molecule has 1 N–H and O–H groups in total. The number of sulfonamides is 1. The van der Waals surface area contributed by atoms with Crippen LogP contribution < -0.4 is 15.8 Å². The average molecular weight is 387 g/mol. The first-order valence-electron chi connectivity index (χ1n) is 7.95. The third kappa shape index (κ3) is 3.28. The lowest BCUT2D eigenvalue weighted by Crippen LogP contribution is -2.39. The molecule has 9 heteroatoms. The molecule has 0 amide bonds. The molecule has 0 aliphatic heterocycles. The van der Waals surface area contributed by atoms with Crippen molar-refractivity contribution in [2.45, 2.75) is 11.8 Å². The van der Waals surface area contributed by atoms with Crippen LogP contribution >= 0.6 is 0 Å². The van der Waals surface area contributed by atoms with Gasteiger partial charge < -0.3 is 9.13 Å². The number of anilines is 1. The number of Topliss-reactive ketones (excluding diaryl/α,β-unsaturated/α-hetero) is 1. The Hall–Kier alpha value is -3.20. The van der Waals surface area contributed by atoms with E-state index < -0.39 is 21.1 Å². The summed E-state index contributed by atoms with van der Waals surface area (Å²) >= 11 is 0. The molecule has 27 heavy (non-hydrogen) atoms. The van der Waals surface area contributed by atoms with E-state index in [4.69, 9.17) is 0 Å². The van der Waals surface area contributed by atoms with Crippen molar-refractivity contribution in [1.82, 2.24) is 9.13 Å². The van der Waals surface area contributed by atoms with E-state index in [1.54, 1.807) is 12.1 Å². The van der Waals surface area contributed by atoms with Gasteiger partial charge in [-0.25, -0.2) is 8.42 Å². The van der Waals surface area contributed by atoms with Gasteiger partial charge in [-0.15, -0.1) is 0 Å². The number of rotatable bonds is 4. The van der Waals surface area contributed by atoms with E-state index in [0.717, 1.165) is 4.57 Å². The molecular formula is C18H17N3O5S. The van der Waals surface area contributed by atoms with Gasteiger partial charge in [-0.1, -0.05) is 12.1 Å². The quantitative estimate of drug-likeness (QED) is 0.535. The van der Waals surface area contributed by atoms with Crippen LogP contribution in [0.4, 0.5) is 5.69 Å². The predicted molar refractivity (Wildman–Crippen MR) is 102 cm³/mol. The van der Waals surface area contributed by atoms with Gasteiger partial charge in [0.15, 0.2) is 5.78 Å². The molecule has 140 valence electrons. The number of carbonyl (C=O) groups is 1. The van der Waals surface area contributed by atoms with Gasteiger partial charge in [0, 0.05) is 25.3 Å². The molecule has 0 atom stereocenters. The minimum atomic E-state index is -3.96. The largest absolute Gasteiger partial charge is 0.316 e. The van der Waals surface area contributed by atoms with Crippen molar-refractivity contribution in [1.29, 1.82) is 0 Å². The number of nitrogens with zero attached hydrogens (tertiary/aromatic N) is 2. The number of nitrogens with one attached hydrogen (secondary N) is 1. The maximum absolute atomic E-state index is 12.7. The Morgan fingerprint density at radius 3 is 2.19 bits per heavy atom. The van der Waals surface area contributed by atoms with E-state index in [1.807, 2.05) is 0 Å². The topological polar surface area (TPSA) is 107 Å². The van der Waals surface area contributed by atoms with Crippen molar-refractivity contribution in [3.8, 4) is 0 Å². The Morgan fingerprint density at radius 2 is 1.56 bits per heavy atom. The van der Waals surface area contributed by atoms with Crippen LogP contribution in [0.25, 0.3) is 11.0 Å². The average Bonchev–Trinajstić information content (AvgIpc) is 2.64. The third-order valence-corrected chi connectivity index (χ3v) is 5.67. The highest BCUT2D eigenvalue weighted by Gasteiger charge is 2.17. The molecule has 2 aromatic carbocycles. The van der Waals surface area contributed by atoms with Crippen molar-refractivity contribution in [3.63, 3.8) is 0 Å². The number of aryl methyl sites for hydroxylation is 2. The number of hydrogen-bond acceptors (Lipinski definition) is 5. The fourth-order valence-corrected chi connectivity index (χ4v) is 3.81. The number of fused-ring (bicyclic) bond motifs is 1. The Labute approximate surface area is 154 Å². The molecule has 3 aromatic rings. The molecule has 3 rings (SSSR count). The van der Waals surface area contributed by atoms with Crippen LogP contribution in [0, 0.1) is 0 Å². The maximum atomic E-state index is 12.7. The lowest BCUT2D eigenvalue weighted by molar-refractivity contribution is 0.101. The van der Waals surface area contributed by atoms with E-state index in [1.165, 1.54) is 55.9 Å². The van der Waals surface area contributed by atoms with Crippen molar-refractivity contribution < 1.29 is 13.2 Å². The smallest absolute Gasteiger partial charge is 0.305 e. The lowest BCUT2D eigenvalue weighted by Gasteiger charge is -2.12. The van der Waals surface area contributed by atoms with Crippen molar-refractivity contribution in [3.05, 3.63) is 68.7 Å². The molecule has 1 aromatic heterocycles. The summed E-state index contributed by atoms with van der Waals surface area (Å²) in [4.78, 5) is 35.3. The number of hydrogen-bond donors (Lipinski definition) is 1. The number of aromatic nitrogens is 2. The van der Waals surface area contributed by atoms with Crippen molar-refractivity contribution in [2.24, 2.45) is 14.1 Å². The molecule has 0 radical (unpaired) electrons. The Morgan fingerprint density at radius 1 is 0.926 bits per heavy atom. The molecule has 0 spiro atoms. The minimum absolute atomic E-state index is 0.0723. The number of ketones is 1. The second kappa shape index (κ2) is 6.51. The van der Waals surface area contributed by atoms with Gasteiger partial charge in [0.25, 0.3) is 10.0 Å². The highest BCUT2D eigenvalue weighted by atomic mass is 32.2. The molecule has 8 nitrogen and oxygen atoms in total. The molecule has 0 unspecified atom stereocenters. The second-order valence-corrected chi connectivity index (χ2v) is 7.80. The van der Waals surface area contributed by atoms with E-state index in [9.17, 15) is 22.8 Å². The summed E-state index contributed by atoms with van der Waals surface area (Å²) in [5.41, 5.74) is -0.0770. The summed E-state index contributed by atoms with van der Waals surface area (Å²) in [6.07, 6.45) is 0. The Balaban J connectivity index is 2.11. The fourth-order valence-electron chi connectivity index (χ4n) is 2.74. The molecular weight excluding hydrogens is 370 g/mol. The summed E-state index contributed by atoms with van der Waals surface area (Å²) in [6.45, 7) is 1.39. The summed E-state index contributed by atoms with van der Waals surface area (Å²) in [5, 5.41) is 0. The zero-order chi connectivity index (χ0) is 19.9. The third-order valence-electron chi connectivity index (χ3n) is 4.29. The highest BCUT2D eigenvalue weighted by molar-refractivity contribution is 7.92. The van der Waals surface area contributed by atoms with Crippen LogP contribution in [0.1, 0.15) is 17.3 Å². The molecule has 0 saturated heterocycles. The monoisotopic (exact) mass is 387 g/mol. The summed E-state index contributed by atoms with van der Waals surface area (Å²) in [6, 6.07) is 10.3. The highest BCUT2D eigenvalue weighted by Crippen LogP contribution is 2.20. The van der Waals surface area contributed by atoms with Crippen LogP contribution in [-0.4, -0.2) is 23.3 Å².